The maximum Gasteiger partial charge on any atom is 0.236 e. The predicted octanol–water partition coefficient (Wildman–Crippen LogP) is 1.64. The zero-order valence-corrected chi connectivity index (χ0v) is 8.84. The van der Waals surface area contributed by atoms with Gasteiger partial charge in [0.1, 0.15) is 0 Å². The molecule has 0 heterocycles. The van der Waals surface area contributed by atoms with Gasteiger partial charge in [-0.1, -0.05) is 36.9 Å². The minimum Gasteiger partial charge on any atom is -0.207 e. The molecule has 0 spiro atoms. The van der Waals surface area contributed by atoms with Crippen LogP contribution in [0.3, 0.4) is 0 Å². The van der Waals surface area contributed by atoms with Gasteiger partial charge in [0, 0.05) is 11.4 Å². The molecule has 1 aromatic carbocycles. The lowest BCUT2D eigenvalue weighted by molar-refractivity contribution is 0.588. The average molecular weight is 211 g/mol. The Morgan fingerprint density at radius 1 is 1.36 bits per heavy atom. The van der Waals surface area contributed by atoms with E-state index in [4.69, 9.17) is 0 Å². The molecule has 0 aliphatic carbocycles. The minimum atomic E-state index is -3.34. The number of nitrogens with one attached hydrogen (secondary N) is 1. The maximum atomic E-state index is 11.3. The minimum absolute atomic E-state index is 0.133. The Labute approximate surface area is 84.5 Å². The number of hydrogen-bond acceptors (Lipinski definition) is 2. The highest BCUT2D eigenvalue weighted by molar-refractivity contribution is 7.93. The lowest BCUT2D eigenvalue weighted by atomic mass is 10.2. The summed E-state index contributed by atoms with van der Waals surface area (Å²) < 4.78 is 25.0. The maximum absolute atomic E-state index is 11.3. The summed E-state index contributed by atoms with van der Waals surface area (Å²) in [7, 11) is -3.34. The second kappa shape index (κ2) is 4.39. The lowest BCUT2D eigenvalue weighted by Crippen LogP contribution is -2.23. The highest BCUT2D eigenvalue weighted by Gasteiger charge is 2.09. The Hall–Kier alpha value is -1.13. The molecule has 0 saturated carbocycles. The molecule has 1 aromatic rings. The topological polar surface area (TPSA) is 46.2 Å². The van der Waals surface area contributed by atoms with Gasteiger partial charge in [-0.05, 0) is 12.5 Å². The standard InChI is InChI=1S/C10H13NO2S/c1-9(2)14(12,13)11-8-10-6-4-3-5-7-10/h3-7,11H,1,8H2,2H3. The third kappa shape index (κ3) is 2.97. The number of allylic oxidation sites excluding steroid dienone is 1. The van der Waals surface area contributed by atoms with E-state index in [-0.39, 0.29) is 4.91 Å². The first-order valence-electron chi connectivity index (χ1n) is 4.21. The van der Waals surface area contributed by atoms with E-state index in [1.54, 1.807) is 0 Å². The largest absolute Gasteiger partial charge is 0.236 e. The van der Waals surface area contributed by atoms with Crippen molar-refractivity contribution in [2.75, 3.05) is 0 Å². The first-order chi connectivity index (χ1) is 6.52. The van der Waals surface area contributed by atoms with Crippen molar-refractivity contribution in [2.24, 2.45) is 0 Å². The zero-order chi connectivity index (χ0) is 10.6. The molecule has 0 aliphatic rings. The van der Waals surface area contributed by atoms with Crippen molar-refractivity contribution in [2.45, 2.75) is 13.5 Å². The van der Waals surface area contributed by atoms with Crippen LogP contribution in [0.15, 0.2) is 41.8 Å². The molecule has 3 nitrogen and oxygen atoms in total. The van der Waals surface area contributed by atoms with E-state index in [2.05, 4.69) is 11.3 Å². The molecule has 1 N–H and O–H groups in total. The molecular weight excluding hydrogens is 198 g/mol. The first kappa shape index (κ1) is 10.9. The number of benzene rings is 1. The van der Waals surface area contributed by atoms with Gasteiger partial charge in [0.15, 0.2) is 0 Å². The average Bonchev–Trinajstić information content (AvgIpc) is 2.16. The quantitative estimate of drug-likeness (QED) is 0.823. The third-order valence-electron chi connectivity index (χ3n) is 1.77. The number of hydrogen-bond donors (Lipinski definition) is 1. The van der Waals surface area contributed by atoms with E-state index >= 15 is 0 Å². The molecule has 14 heavy (non-hydrogen) atoms. The smallest absolute Gasteiger partial charge is 0.207 e. The van der Waals surface area contributed by atoms with E-state index in [1.807, 2.05) is 30.3 Å². The van der Waals surface area contributed by atoms with E-state index in [9.17, 15) is 8.42 Å². The predicted molar refractivity (Wildman–Crippen MR) is 57.0 cm³/mol. The molecule has 4 heteroatoms. The molecule has 0 saturated heterocycles. The van der Waals surface area contributed by atoms with Gasteiger partial charge in [0.05, 0.1) is 0 Å². The van der Waals surface area contributed by atoms with Crippen LogP contribution in [0, 0.1) is 0 Å². The second-order valence-electron chi connectivity index (χ2n) is 3.01. The molecule has 0 radical (unpaired) electrons. The molecule has 0 aliphatic heterocycles. The fourth-order valence-corrected chi connectivity index (χ4v) is 1.50. The molecule has 0 bridgehead atoms. The molecule has 0 fully saturated rings. The first-order valence-corrected chi connectivity index (χ1v) is 5.70. The van der Waals surface area contributed by atoms with Gasteiger partial charge in [-0.15, -0.1) is 0 Å². The summed E-state index contributed by atoms with van der Waals surface area (Å²) in [5, 5.41) is 0. The van der Waals surface area contributed by atoms with Crippen molar-refractivity contribution >= 4 is 10.0 Å². The van der Waals surface area contributed by atoms with E-state index < -0.39 is 10.0 Å². The van der Waals surface area contributed by atoms with Crippen LogP contribution in [0.25, 0.3) is 0 Å². The Kier molecular flexibility index (Phi) is 3.43. The summed E-state index contributed by atoms with van der Waals surface area (Å²) in [5.74, 6) is 0. The number of rotatable bonds is 4. The van der Waals surface area contributed by atoms with Crippen LogP contribution in [0.1, 0.15) is 12.5 Å². The van der Waals surface area contributed by atoms with Crippen LogP contribution in [0.5, 0.6) is 0 Å². The van der Waals surface area contributed by atoms with Gasteiger partial charge in [-0.3, -0.25) is 0 Å². The van der Waals surface area contributed by atoms with Crippen LogP contribution in [-0.2, 0) is 16.6 Å². The van der Waals surface area contributed by atoms with Crippen LogP contribution in [0.4, 0.5) is 0 Å². The third-order valence-corrected chi connectivity index (χ3v) is 3.21. The summed E-state index contributed by atoms with van der Waals surface area (Å²) in [6.45, 7) is 5.16. The highest BCUT2D eigenvalue weighted by atomic mass is 32.2. The Bertz CT molecular complexity index is 409. The molecular formula is C10H13NO2S. The van der Waals surface area contributed by atoms with Crippen LogP contribution < -0.4 is 4.72 Å². The molecule has 1 rings (SSSR count). The van der Waals surface area contributed by atoms with Gasteiger partial charge < -0.3 is 0 Å². The Balaban J connectivity index is 2.63. The van der Waals surface area contributed by atoms with E-state index in [0.29, 0.717) is 6.54 Å². The Morgan fingerprint density at radius 3 is 2.43 bits per heavy atom. The molecule has 0 amide bonds. The monoisotopic (exact) mass is 211 g/mol. The summed E-state index contributed by atoms with van der Waals surface area (Å²) in [6, 6.07) is 9.34. The van der Waals surface area contributed by atoms with E-state index in [0.717, 1.165) is 5.56 Å². The second-order valence-corrected chi connectivity index (χ2v) is 5.00. The van der Waals surface area contributed by atoms with Crippen molar-refractivity contribution < 1.29 is 8.42 Å². The summed E-state index contributed by atoms with van der Waals surface area (Å²) in [5.41, 5.74) is 0.928. The highest BCUT2D eigenvalue weighted by Crippen LogP contribution is 2.02. The summed E-state index contributed by atoms with van der Waals surface area (Å²) in [4.78, 5) is 0.133. The molecule has 0 aromatic heterocycles. The van der Waals surface area contributed by atoms with Gasteiger partial charge >= 0.3 is 0 Å². The van der Waals surface area contributed by atoms with E-state index in [1.165, 1.54) is 6.92 Å². The summed E-state index contributed by atoms with van der Waals surface area (Å²) >= 11 is 0. The fraction of sp³-hybridized carbons (Fsp3) is 0.200. The molecule has 0 unspecified atom stereocenters. The molecule has 76 valence electrons. The van der Waals surface area contributed by atoms with Gasteiger partial charge in [-0.2, -0.15) is 0 Å². The Morgan fingerprint density at radius 2 is 1.93 bits per heavy atom. The van der Waals surface area contributed by atoms with Gasteiger partial charge in [0.25, 0.3) is 0 Å². The molecule has 0 atom stereocenters. The van der Waals surface area contributed by atoms with Crippen molar-refractivity contribution in [1.29, 1.82) is 0 Å². The van der Waals surface area contributed by atoms with Crippen LogP contribution >= 0.6 is 0 Å². The summed E-state index contributed by atoms with van der Waals surface area (Å²) in [6.07, 6.45) is 0. The van der Waals surface area contributed by atoms with Crippen LogP contribution in [0.2, 0.25) is 0 Å². The van der Waals surface area contributed by atoms with Crippen molar-refractivity contribution in [1.82, 2.24) is 4.72 Å². The SMILES string of the molecule is C=C(C)S(=O)(=O)NCc1ccccc1. The lowest BCUT2D eigenvalue weighted by Gasteiger charge is -2.05. The number of sulfonamides is 1. The van der Waals surface area contributed by atoms with Crippen molar-refractivity contribution in [3.8, 4) is 0 Å². The van der Waals surface area contributed by atoms with Crippen LogP contribution in [-0.4, -0.2) is 8.42 Å². The normalized spacial score (nSPS) is 11.2. The van der Waals surface area contributed by atoms with Gasteiger partial charge in [-0.25, -0.2) is 13.1 Å². The fourth-order valence-electron chi connectivity index (χ4n) is 0.897. The van der Waals surface area contributed by atoms with Gasteiger partial charge in [0.2, 0.25) is 10.0 Å². The zero-order valence-electron chi connectivity index (χ0n) is 8.03. The van der Waals surface area contributed by atoms with Crippen molar-refractivity contribution in [3.63, 3.8) is 0 Å². The van der Waals surface area contributed by atoms with Crippen molar-refractivity contribution in [3.05, 3.63) is 47.4 Å².